The lowest BCUT2D eigenvalue weighted by molar-refractivity contribution is -0.133. The number of carbonyl (C=O) groups is 3. The molecule has 0 radical (unpaired) electrons. The number of methoxy groups -OCH3 is 1. The maximum absolute atomic E-state index is 12.9. The number of hydrogen-bond donors (Lipinski definition) is 1. The largest absolute Gasteiger partial charge is 0.464 e. The van der Waals surface area contributed by atoms with Crippen LogP contribution in [-0.2, 0) is 9.53 Å². The molecule has 0 aromatic carbocycles. The lowest BCUT2D eigenvalue weighted by Gasteiger charge is -2.27. The van der Waals surface area contributed by atoms with Gasteiger partial charge in [-0.2, -0.15) is 0 Å². The topological polar surface area (TPSA) is 79.5 Å². The molecule has 1 aromatic rings. The number of aromatic nitrogens is 1. The van der Waals surface area contributed by atoms with Crippen molar-refractivity contribution in [3.8, 4) is 0 Å². The lowest BCUT2D eigenvalue weighted by atomic mass is 9.99. The van der Waals surface area contributed by atoms with Gasteiger partial charge in [0.25, 0.3) is 0 Å². The lowest BCUT2D eigenvalue weighted by Crippen LogP contribution is -2.44. The number of nitrogens with one attached hydrogen (secondary N) is 1. The molecule has 1 saturated carbocycles. The summed E-state index contributed by atoms with van der Waals surface area (Å²) in [5, 5.41) is 0. The molecule has 1 N–H and O–H groups in total. The van der Waals surface area contributed by atoms with Gasteiger partial charge in [0.15, 0.2) is 5.78 Å². The first-order valence-electron chi connectivity index (χ1n) is 7.95. The summed E-state index contributed by atoms with van der Waals surface area (Å²) in [6.07, 6.45) is 1.82. The second-order valence-electron chi connectivity index (χ2n) is 6.06. The fourth-order valence-corrected chi connectivity index (χ4v) is 2.96. The summed E-state index contributed by atoms with van der Waals surface area (Å²) < 4.78 is 4.73. The third-order valence-electron chi connectivity index (χ3n) is 4.47. The number of aromatic amines is 1. The average Bonchev–Trinajstić information content (AvgIpc) is 3.32. The van der Waals surface area contributed by atoms with E-state index in [0.717, 1.165) is 12.8 Å². The van der Waals surface area contributed by atoms with Crippen LogP contribution >= 0.6 is 0 Å². The standard InChI is InChI=1S/C17H24N2O4/c1-6-19(16(21)12-7-8-12)11(4)15(20)13-9(2)14(17(22)23-5)18-10(13)3/h11-12,18H,6-8H2,1-5H3. The molecule has 0 spiro atoms. The van der Waals surface area contributed by atoms with E-state index in [0.29, 0.717) is 23.4 Å². The highest BCUT2D eigenvalue weighted by molar-refractivity contribution is 6.06. The maximum Gasteiger partial charge on any atom is 0.354 e. The summed E-state index contributed by atoms with van der Waals surface area (Å²) in [6.45, 7) is 7.58. The van der Waals surface area contributed by atoms with E-state index in [9.17, 15) is 14.4 Å². The van der Waals surface area contributed by atoms with Crippen LogP contribution in [0.1, 0.15) is 58.8 Å². The van der Waals surface area contributed by atoms with E-state index >= 15 is 0 Å². The quantitative estimate of drug-likeness (QED) is 0.644. The van der Waals surface area contributed by atoms with E-state index in [1.54, 1.807) is 25.7 Å². The second-order valence-corrected chi connectivity index (χ2v) is 6.06. The van der Waals surface area contributed by atoms with Gasteiger partial charge in [0.05, 0.1) is 13.2 Å². The fraction of sp³-hybridized carbons (Fsp3) is 0.588. The van der Waals surface area contributed by atoms with Crippen molar-refractivity contribution in [2.75, 3.05) is 13.7 Å². The van der Waals surface area contributed by atoms with Gasteiger partial charge in [-0.3, -0.25) is 9.59 Å². The van der Waals surface area contributed by atoms with E-state index in [1.807, 2.05) is 6.92 Å². The van der Waals surface area contributed by atoms with Crippen molar-refractivity contribution in [2.45, 2.75) is 46.6 Å². The summed E-state index contributed by atoms with van der Waals surface area (Å²) in [5.74, 6) is -0.530. The Morgan fingerprint density at radius 1 is 1.30 bits per heavy atom. The van der Waals surface area contributed by atoms with Crippen LogP contribution in [0.2, 0.25) is 0 Å². The van der Waals surface area contributed by atoms with Crippen molar-refractivity contribution in [1.29, 1.82) is 0 Å². The predicted molar refractivity (Wildman–Crippen MR) is 85.5 cm³/mol. The van der Waals surface area contributed by atoms with Crippen LogP contribution in [0.3, 0.4) is 0 Å². The van der Waals surface area contributed by atoms with E-state index in [4.69, 9.17) is 4.74 Å². The molecule has 6 nitrogen and oxygen atoms in total. The highest BCUT2D eigenvalue weighted by atomic mass is 16.5. The molecule has 1 atom stereocenters. The first kappa shape index (κ1) is 17.2. The Bertz CT molecular complexity index is 643. The van der Waals surface area contributed by atoms with E-state index in [2.05, 4.69) is 4.98 Å². The normalized spacial score (nSPS) is 15.2. The molecule has 6 heteroatoms. The molecule has 2 rings (SSSR count). The SMILES string of the molecule is CCN(C(=O)C1CC1)C(C)C(=O)c1c(C)[nH]c(C(=O)OC)c1C. The van der Waals surface area contributed by atoms with Gasteiger partial charge in [-0.15, -0.1) is 0 Å². The van der Waals surface area contributed by atoms with Crippen LogP contribution in [-0.4, -0.2) is 47.2 Å². The van der Waals surface area contributed by atoms with Crippen LogP contribution in [0.5, 0.6) is 0 Å². The first-order chi connectivity index (χ1) is 10.8. The Morgan fingerprint density at radius 2 is 1.91 bits per heavy atom. The third kappa shape index (κ3) is 3.16. The molecule has 23 heavy (non-hydrogen) atoms. The molecule has 1 amide bonds. The fourth-order valence-electron chi connectivity index (χ4n) is 2.96. The Hall–Kier alpha value is -2.11. The molecule has 0 aliphatic heterocycles. The predicted octanol–water partition coefficient (Wildman–Crippen LogP) is 2.25. The Morgan fingerprint density at radius 3 is 2.39 bits per heavy atom. The molecule has 126 valence electrons. The highest BCUT2D eigenvalue weighted by Crippen LogP contribution is 2.32. The summed E-state index contributed by atoms with van der Waals surface area (Å²) in [5.41, 5.74) is 1.95. The first-order valence-corrected chi connectivity index (χ1v) is 7.95. The summed E-state index contributed by atoms with van der Waals surface area (Å²) >= 11 is 0. The third-order valence-corrected chi connectivity index (χ3v) is 4.47. The molecule has 1 aliphatic carbocycles. The van der Waals surface area contributed by atoms with Gasteiger partial charge in [-0.1, -0.05) is 0 Å². The number of aryl methyl sites for hydroxylation is 1. The molecular weight excluding hydrogens is 296 g/mol. The maximum atomic E-state index is 12.9. The Labute approximate surface area is 136 Å². The minimum atomic E-state index is -0.549. The van der Waals surface area contributed by atoms with Gasteiger partial charge in [0.1, 0.15) is 5.69 Å². The smallest absolute Gasteiger partial charge is 0.354 e. The van der Waals surface area contributed by atoms with Crippen molar-refractivity contribution in [1.82, 2.24) is 9.88 Å². The van der Waals surface area contributed by atoms with Crippen molar-refractivity contribution < 1.29 is 19.1 Å². The minimum Gasteiger partial charge on any atom is -0.464 e. The summed E-state index contributed by atoms with van der Waals surface area (Å²) in [4.78, 5) is 41.5. The molecule has 1 unspecified atom stereocenters. The summed E-state index contributed by atoms with van der Waals surface area (Å²) in [6, 6.07) is -0.549. The number of ketones is 1. The number of hydrogen-bond acceptors (Lipinski definition) is 4. The Balaban J connectivity index is 2.30. The van der Waals surface area contributed by atoms with Crippen molar-refractivity contribution in [3.05, 3.63) is 22.5 Å². The van der Waals surface area contributed by atoms with Gasteiger partial charge in [-0.25, -0.2) is 4.79 Å². The zero-order chi connectivity index (χ0) is 17.3. The Kier molecular flexibility index (Phi) is 4.92. The number of carbonyl (C=O) groups excluding carboxylic acids is 3. The van der Waals surface area contributed by atoms with E-state index in [-0.39, 0.29) is 23.3 Å². The van der Waals surface area contributed by atoms with Gasteiger partial charge >= 0.3 is 5.97 Å². The molecule has 1 aromatic heterocycles. The molecule has 1 heterocycles. The van der Waals surface area contributed by atoms with Crippen molar-refractivity contribution in [3.63, 3.8) is 0 Å². The number of H-pyrrole nitrogens is 1. The van der Waals surface area contributed by atoms with Gasteiger partial charge < -0.3 is 14.6 Å². The van der Waals surface area contributed by atoms with Crippen molar-refractivity contribution in [2.24, 2.45) is 5.92 Å². The number of esters is 1. The number of rotatable bonds is 6. The van der Waals surface area contributed by atoms with Crippen LogP contribution in [0.15, 0.2) is 0 Å². The number of amides is 1. The van der Waals surface area contributed by atoms with E-state index < -0.39 is 12.0 Å². The summed E-state index contributed by atoms with van der Waals surface area (Å²) in [7, 11) is 1.30. The number of Topliss-reactive ketones (excluding diaryl/α,β-unsaturated/α-hetero) is 1. The second kappa shape index (κ2) is 6.56. The number of nitrogens with zero attached hydrogens (tertiary/aromatic N) is 1. The molecule has 0 bridgehead atoms. The minimum absolute atomic E-state index is 0.0485. The van der Waals surface area contributed by atoms with Crippen LogP contribution in [0, 0.1) is 19.8 Å². The van der Waals surface area contributed by atoms with E-state index in [1.165, 1.54) is 7.11 Å². The van der Waals surface area contributed by atoms with Crippen LogP contribution in [0.4, 0.5) is 0 Å². The van der Waals surface area contributed by atoms with Crippen LogP contribution < -0.4 is 0 Å². The van der Waals surface area contributed by atoms with Gasteiger partial charge in [0, 0.05) is 23.7 Å². The monoisotopic (exact) mass is 320 g/mol. The highest BCUT2D eigenvalue weighted by Gasteiger charge is 2.37. The van der Waals surface area contributed by atoms with Crippen LogP contribution in [0.25, 0.3) is 0 Å². The molecule has 0 saturated heterocycles. The van der Waals surface area contributed by atoms with Gasteiger partial charge in [0.2, 0.25) is 5.91 Å². The zero-order valence-corrected chi connectivity index (χ0v) is 14.4. The van der Waals surface area contributed by atoms with Gasteiger partial charge in [-0.05, 0) is 46.1 Å². The molecular formula is C17H24N2O4. The van der Waals surface area contributed by atoms with Crippen molar-refractivity contribution >= 4 is 17.7 Å². The molecule has 1 aliphatic rings. The number of ether oxygens (including phenoxy) is 1. The zero-order valence-electron chi connectivity index (χ0n) is 14.4. The molecule has 1 fully saturated rings. The average molecular weight is 320 g/mol. The number of likely N-dealkylation sites (N-methyl/N-ethyl adjacent to an activating group) is 1.